The Morgan fingerprint density at radius 3 is 2.62 bits per heavy atom. The summed E-state index contributed by atoms with van der Waals surface area (Å²) >= 11 is 0. The molecule has 6 atom stereocenters. The summed E-state index contributed by atoms with van der Waals surface area (Å²) in [6, 6.07) is 17.2. The number of aliphatic carboxylic acids is 1. The summed E-state index contributed by atoms with van der Waals surface area (Å²) in [6.07, 6.45) is 7.01. The SMILES string of the molecule is CC(CC(=O)N1C2CCC3C(C2)CC1CC3C(=O)O)c1c[nH]c2ccc(-c3ccccc3)cc12. The third-order valence-corrected chi connectivity index (χ3v) is 8.86. The molecule has 6 unspecified atom stereocenters. The molecule has 3 aliphatic rings. The fraction of sp³-hybridized carbons (Fsp3) is 0.448. The molecule has 1 saturated heterocycles. The van der Waals surface area contributed by atoms with Gasteiger partial charge in [-0.1, -0.05) is 43.3 Å². The first kappa shape index (κ1) is 21.5. The van der Waals surface area contributed by atoms with Gasteiger partial charge in [-0.3, -0.25) is 9.59 Å². The van der Waals surface area contributed by atoms with Gasteiger partial charge >= 0.3 is 5.97 Å². The van der Waals surface area contributed by atoms with Gasteiger partial charge in [-0.15, -0.1) is 0 Å². The summed E-state index contributed by atoms with van der Waals surface area (Å²) in [5.74, 6) is 0.104. The number of rotatable bonds is 5. The monoisotopic (exact) mass is 456 g/mol. The molecule has 2 N–H and O–H groups in total. The molecule has 0 spiro atoms. The molecule has 2 aliphatic carbocycles. The molecule has 0 radical (unpaired) electrons. The molecule has 5 heteroatoms. The highest BCUT2D eigenvalue weighted by Crippen LogP contribution is 2.51. The van der Waals surface area contributed by atoms with Gasteiger partial charge in [0.15, 0.2) is 0 Å². The van der Waals surface area contributed by atoms with E-state index in [0.717, 1.165) is 31.2 Å². The third kappa shape index (κ3) is 3.53. The zero-order valence-corrected chi connectivity index (χ0v) is 19.6. The Kier molecular flexibility index (Phi) is 5.23. The Morgan fingerprint density at radius 1 is 1.03 bits per heavy atom. The molecule has 6 rings (SSSR count). The number of carbonyl (C=O) groups excluding carboxylic acids is 1. The average molecular weight is 457 g/mol. The number of aromatic nitrogens is 1. The Hall–Kier alpha value is -3.08. The molecule has 176 valence electrons. The standard InChI is InChI=1S/C29H32N2O3/c1-17(26-16-30-27-10-7-19(14-24(26)27)18-5-3-2-4-6-18)11-28(32)31-21-8-9-23-20(12-21)13-22(31)15-25(23)29(33)34/h2-7,10,14,16-17,20-23,25,30H,8-9,11-13,15H2,1H3,(H,33,34). The number of amides is 1. The lowest BCUT2D eigenvalue weighted by Crippen LogP contribution is -2.60. The number of aromatic amines is 1. The van der Waals surface area contributed by atoms with E-state index in [0.29, 0.717) is 30.7 Å². The quantitative estimate of drug-likeness (QED) is 0.508. The van der Waals surface area contributed by atoms with E-state index in [-0.39, 0.29) is 23.8 Å². The van der Waals surface area contributed by atoms with Crippen molar-refractivity contribution in [2.75, 3.05) is 0 Å². The van der Waals surface area contributed by atoms with Crippen LogP contribution in [0, 0.1) is 17.8 Å². The van der Waals surface area contributed by atoms with Crippen LogP contribution in [0.1, 0.15) is 56.9 Å². The maximum absolute atomic E-state index is 13.7. The first-order valence-electron chi connectivity index (χ1n) is 12.7. The lowest BCUT2D eigenvalue weighted by Gasteiger charge is -2.56. The number of carbonyl (C=O) groups is 2. The van der Waals surface area contributed by atoms with Crippen molar-refractivity contribution in [3.63, 3.8) is 0 Å². The largest absolute Gasteiger partial charge is 0.481 e. The van der Waals surface area contributed by atoms with Gasteiger partial charge in [-0.2, -0.15) is 0 Å². The van der Waals surface area contributed by atoms with Crippen molar-refractivity contribution in [1.29, 1.82) is 0 Å². The maximum atomic E-state index is 13.7. The number of carboxylic acids is 1. The van der Waals surface area contributed by atoms with Gasteiger partial charge in [0.2, 0.25) is 5.91 Å². The molecule has 3 bridgehead atoms. The number of nitrogens with one attached hydrogen (secondary N) is 1. The maximum Gasteiger partial charge on any atom is 0.306 e. The summed E-state index contributed by atoms with van der Waals surface area (Å²) < 4.78 is 0. The van der Waals surface area contributed by atoms with Crippen LogP contribution in [-0.2, 0) is 9.59 Å². The fourth-order valence-electron chi connectivity index (χ4n) is 7.28. The second-order valence-electron chi connectivity index (χ2n) is 10.7. The number of fused-ring (bicyclic) bond motifs is 3. The van der Waals surface area contributed by atoms with Gasteiger partial charge in [0.25, 0.3) is 0 Å². The summed E-state index contributed by atoms with van der Waals surface area (Å²) in [6.45, 7) is 2.14. The Balaban J connectivity index is 1.24. The first-order valence-corrected chi connectivity index (χ1v) is 12.7. The minimum atomic E-state index is -0.672. The highest BCUT2D eigenvalue weighted by atomic mass is 16.4. The number of piperidine rings is 1. The van der Waals surface area contributed by atoms with E-state index in [4.69, 9.17) is 0 Å². The minimum absolute atomic E-state index is 0.0835. The van der Waals surface area contributed by atoms with Gasteiger partial charge in [0.05, 0.1) is 5.92 Å². The zero-order valence-electron chi connectivity index (χ0n) is 19.6. The van der Waals surface area contributed by atoms with Gasteiger partial charge < -0.3 is 15.0 Å². The highest BCUT2D eigenvalue weighted by molar-refractivity contribution is 5.89. The van der Waals surface area contributed by atoms with Crippen molar-refractivity contribution in [3.8, 4) is 11.1 Å². The number of hydrogen-bond donors (Lipinski definition) is 2. The molecule has 2 heterocycles. The van der Waals surface area contributed by atoms with E-state index >= 15 is 0 Å². The average Bonchev–Trinajstić information content (AvgIpc) is 3.26. The number of H-pyrrole nitrogens is 1. The molecule has 34 heavy (non-hydrogen) atoms. The molecule has 2 saturated carbocycles. The number of benzene rings is 2. The van der Waals surface area contributed by atoms with Crippen molar-refractivity contribution < 1.29 is 14.7 Å². The molecule has 1 amide bonds. The lowest BCUT2D eigenvalue weighted by atomic mass is 9.59. The van der Waals surface area contributed by atoms with E-state index in [1.807, 2.05) is 6.07 Å². The highest BCUT2D eigenvalue weighted by Gasteiger charge is 2.52. The predicted molar refractivity (Wildman–Crippen MR) is 132 cm³/mol. The van der Waals surface area contributed by atoms with Gasteiger partial charge in [-0.05, 0) is 78.7 Å². The summed E-state index contributed by atoms with van der Waals surface area (Å²) in [7, 11) is 0. The molecular weight excluding hydrogens is 424 g/mol. The van der Waals surface area contributed by atoms with Crippen LogP contribution < -0.4 is 0 Å². The van der Waals surface area contributed by atoms with Crippen LogP contribution in [0.3, 0.4) is 0 Å². The summed E-state index contributed by atoms with van der Waals surface area (Å²) in [4.78, 5) is 31.1. The van der Waals surface area contributed by atoms with E-state index < -0.39 is 5.97 Å². The lowest BCUT2D eigenvalue weighted by molar-refractivity contribution is -0.162. The topological polar surface area (TPSA) is 73.4 Å². The molecule has 2 aromatic carbocycles. The number of likely N-dealkylation sites (tertiary alicyclic amines) is 1. The van der Waals surface area contributed by atoms with Crippen molar-refractivity contribution in [2.45, 2.75) is 63.5 Å². The normalized spacial score (nSPS) is 28.7. The Labute approximate surface area is 200 Å². The van der Waals surface area contributed by atoms with Crippen LogP contribution in [-0.4, -0.2) is 39.0 Å². The Morgan fingerprint density at radius 2 is 1.82 bits per heavy atom. The number of hydrogen-bond acceptors (Lipinski definition) is 2. The minimum Gasteiger partial charge on any atom is -0.481 e. The van der Waals surface area contributed by atoms with Crippen LogP contribution in [0.2, 0.25) is 0 Å². The van der Waals surface area contributed by atoms with Crippen molar-refractivity contribution in [1.82, 2.24) is 9.88 Å². The first-order chi connectivity index (χ1) is 16.5. The van der Waals surface area contributed by atoms with E-state index in [2.05, 4.69) is 65.5 Å². The van der Waals surface area contributed by atoms with Crippen molar-refractivity contribution >= 4 is 22.8 Å². The van der Waals surface area contributed by atoms with Gasteiger partial charge in [0.1, 0.15) is 0 Å². The van der Waals surface area contributed by atoms with Crippen LogP contribution >= 0.6 is 0 Å². The second-order valence-corrected chi connectivity index (χ2v) is 10.7. The summed E-state index contributed by atoms with van der Waals surface area (Å²) in [5.41, 5.74) is 4.62. The van der Waals surface area contributed by atoms with Crippen molar-refractivity contribution in [3.05, 3.63) is 60.3 Å². The van der Waals surface area contributed by atoms with E-state index in [1.165, 1.54) is 22.1 Å². The zero-order chi connectivity index (χ0) is 23.4. The summed E-state index contributed by atoms with van der Waals surface area (Å²) in [5, 5.41) is 11.0. The molecular formula is C29H32N2O3. The smallest absolute Gasteiger partial charge is 0.306 e. The second kappa shape index (κ2) is 8.30. The van der Waals surface area contributed by atoms with E-state index in [9.17, 15) is 14.7 Å². The molecule has 3 aromatic rings. The van der Waals surface area contributed by atoms with Crippen LogP contribution in [0.5, 0.6) is 0 Å². The molecule has 1 aliphatic heterocycles. The fourth-order valence-corrected chi connectivity index (χ4v) is 7.28. The van der Waals surface area contributed by atoms with Gasteiger partial charge in [0, 0.05) is 35.6 Å². The van der Waals surface area contributed by atoms with E-state index in [1.54, 1.807) is 0 Å². The van der Waals surface area contributed by atoms with Crippen molar-refractivity contribution in [2.24, 2.45) is 17.8 Å². The third-order valence-electron chi connectivity index (χ3n) is 8.86. The number of carboxylic acid groups (broad SMARTS) is 1. The molecule has 1 aromatic heterocycles. The van der Waals surface area contributed by atoms with Crippen LogP contribution in [0.15, 0.2) is 54.7 Å². The van der Waals surface area contributed by atoms with Crippen LogP contribution in [0.25, 0.3) is 22.0 Å². The predicted octanol–water partition coefficient (Wildman–Crippen LogP) is 5.82. The molecule has 3 fully saturated rings. The van der Waals surface area contributed by atoms with Gasteiger partial charge in [-0.25, -0.2) is 0 Å². The number of nitrogens with zero attached hydrogens (tertiary/aromatic N) is 1. The Bertz CT molecular complexity index is 1230. The molecule has 5 nitrogen and oxygen atoms in total. The van der Waals surface area contributed by atoms with Crippen LogP contribution in [0.4, 0.5) is 0 Å².